The Labute approximate surface area is 74.1 Å². The second-order valence-electron chi connectivity index (χ2n) is 2.82. The summed E-state index contributed by atoms with van der Waals surface area (Å²) in [5.74, 6) is 0. The molecule has 0 saturated heterocycles. The topological polar surface area (TPSA) is 3.24 Å². The molecule has 1 heterocycles. The first kappa shape index (κ1) is 8.72. The van der Waals surface area contributed by atoms with Crippen molar-refractivity contribution in [3.63, 3.8) is 0 Å². The summed E-state index contributed by atoms with van der Waals surface area (Å²) in [5.41, 5.74) is 1.53. The molecule has 1 nitrogen and oxygen atoms in total. The van der Waals surface area contributed by atoms with Gasteiger partial charge in [-0.1, -0.05) is 24.7 Å². The minimum Gasteiger partial charge on any atom is -0.343 e. The number of thiocarbonyl (C=S) groups is 1. The van der Waals surface area contributed by atoms with E-state index in [1.807, 2.05) is 0 Å². The predicted octanol–water partition coefficient (Wildman–Crippen LogP) is 2.72. The maximum Gasteiger partial charge on any atom is 0.0822 e. The van der Waals surface area contributed by atoms with Gasteiger partial charge in [-0.25, -0.2) is 0 Å². The maximum atomic E-state index is 5.21. The third kappa shape index (κ3) is 2.03. The molecule has 0 aromatic carbocycles. The molecule has 0 fully saturated rings. The second kappa shape index (κ2) is 3.86. The van der Waals surface area contributed by atoms with Crippen molar-refractivity contribution < 1.29 is 0 Å². The number of nitrogens with zero attached hydrogens (tertiary/aromatic N) is 1. The van der Waals surface area contributed by atoms with Crippen molar-refractivity contribution in [2.24, 2.45) is 0 Å². The third-order valence-corrected chi connectivity index (χ3v) is 2.55. The zero-order chi connectivity index (χ0) is 8.27. The van der Waals surface area contributed by atoms with E-state index in [4.69, 9.17) is 12.2 Å². The highest BCUT2D eigenvalue weighted by molar-refractivity contribution is 7.80. The lowest BCUT2D eigenvalue weighted by atomic mass is 10.1. The molecule has 1 rings (SSSR count). The molecule has 2 heteroatoms. The molecule has 62 valence electrons. The van der Waals surface area contributed by atoms with Crippen LogP contribution < -0.4 is 0 Å². The van der Waals surface area contributed by atoms with Gasteiger partial charge in [-0.3, -0.25) is 0 Å². The Bertz CT molecular complexity index is 184. The van der Waals surface area contributed by atoms with Crippen LogP contribution in [0.15, 0.2) is 11.8 Å². The van der Waals surface area contributed by atoms with E-state index in [1.165, 1.54) is 18.4 Å². The van der Waals surface area contributed by atoms with Gasteiger partial charge in [0.15, 0.2) is 0 Å². The van der Waals surface area contributed by atoms with Gasteiger partial charge in [-0.2, -0.15) is 0 Å². The average molecular weight is 169 g/mol. The quantitative estimate of drug-likeness (QED) is 0.585. The fraction of sp³-hybridized carbons (Fsp3) is 0.667. The highest BCUT2D eigenvalue weighted by atomic mass is 32.1. The van der Waals surface area contributed by atoms with Gasteiger partial charge in [0.05, 0.1) is 4.99 Å². The van der Waals surface area contributed by atoms with Crippen molar-refractivity contribution >= 4 is 17.2 Å². The van der Waals surface area contributed by atoms with E-state index in [9.17, 15) is 0 Å². The summed E-state index contributed by atoms with van der Waals surface area (Å²) in [7, 11) is 0. The standard InChI is InChI=1S/C9H15NS/c1-3-8-5-6-9(11)10(4-2)7-8/h7H,3-6H2,1-2H3. The van der Waals surface area contributed by atoms with Gasteiger partial charge < -0.3 is 4.90 Å². The molecule has 0 saturated carbocycles. The van der Waals surface area contributed by atoms with Crippen LogP contribution in [0.25, 0.3) is 0 Å². The van der Waals surface area contributed by atoms with Crippen molar-refractivity contribution in [2.45, 2.75) is 33.1 Å². The molecular formula is C9H15NS. The molecule has 0 unspecified atom stereocenters. The molecule has 0 spiro atoms. The van der Waals surface area contributed by atoms with E-state index in [2.05, 4.69) is 24.9 Å². The first-order valence-electron chi connectivity index (χ1n) is 4.27. The lowest BCUT2D eigenvalue weighted by Crippen LogP contribution is -2.27. The first-order valence-corrected chi connectivity index (χ1v) is 4.67. The fourth-order valence-electron chi connectivity index (χ4n) is 1.30. The van der Waals surface area contributed by atoms with E-state index in [1.54, 1.807) is 0 Å². The molecule has 0 aromatic heterocycles. The van der Waals surface area contributed by atoms with Crippen LogP contribution in [0.4, 0.5) is 0 Å². The van der Waals surface area contributed by atoms with Crippen LogP contribution in [0.5, 0.6) is 0 Å². The van der Waals surface area contributed by atoms with E-state index < -0.39 is 0 Å². The summed E-state index contributed by atoms with van der Waals surface area (Å²) >= 11 is 5.21. The molecule has 0 atom stereocenters. The maximum absolute atomic E-state index is 5.21. The highest BCUT2D eigenvalue weighted by Gasteiger charge is 2.11. The molecule has 0 bridgehead atoms. The first-order chi connectivity index (χ1) is 5.27. The van der Waals surface area contributed by atoms with Gasteiger partial charge in [0.25, 0.3) is 0 Å². The zero-order valence-electron chi connectivity index (χ0n) is 7.26. The van der Waals surface area contributed by atoms with Crippen LogP contribution in [0.3, 0.4) is 0 Å². The Balaban J connectivity index is 2.67. The summed E-state index contributed by atoms with van der Waals surface area (Å²) in [6.45, 7) is 5.36. The molecule has 0 amide bonds. The van der Waals surface area contributed by atoms with Gasteiger partial charge in [-0.05, 0) is 19.8 Å². The number of hydrogen-bond donors (Lipinski definition) is 0. The fourth-order valence-corrected chi connectivity index (χ4v) is 1.59. The molecule has 0 aliphatic carbocycles. The Kier molecular flexibility index (Phi) is 3.06. The van der Waals surface area contributed by atoms with E-state index >= 15 is 0 Å². The molecule has 0 aromatic rings. The van der Waals surface area contributed by atoms with Crippen LogP contribution in [-0.4, -0.2) is 16.4 Å². The van der Waals surface area contributed by atoms with Crippen LogP contribution >= 0.6 is 12.2 Å². The summed E-state index contributed by atoms with van der Waals surface area (Å²) in [5, 5.41) is 0. The lowest BCUT2D eigenvalue weighted by molar-refractivity contribution is 0.555. The predicted molar refractivity (Wildman–Crippen MR) is 52.6 cm³/mol. The number of hydrogen-bond acceptors (Lipinski definition) is 1. The Morgan fingerprint density at radius 2 is 2.18 bits per heavy atom. The smallest absolute Gasteiger partial charge is 0.0822 e. The zero-order valence-corrected chi connectivity index (χ0v) is 8.08. The summed E-state index contributed by atoms with van der Waals surface area (Å²) in [6, 6.07) is 0. The van der Waals surface area contributed by atoms with E-state index in [-0.39, 0.29) is 0 Å². The highest BCUT2D eigenvalue weighted by Crippen LogP contribution is 2.18. The van der Waals surface area contributed by atoms with E-state index in [0.29, 0.717) is 0 Å². The Hall–Kier alpha value is -0.370. The monoisotopic (exact) mass is 169 g/mol. The minimum atomic E-state index is 1.02. The van der Waals surface area contributed by atoms with Gasteiger partial charge in [0, 0.05) is 19.2 Å². The molecule has 0 radical (unpaired) electrons. The van der Waals surface area contributed by atoms with Crippen molar-refractivity contribution in [1.29, 1.82) is 0 Å². The Morgan fingerprint density at radius 3 is 2.73 bits per heavy atom. The second-order valence-corrected chi connectivity index (χ2v) is 3.29. The van der Waals surface area contributed by atoms with Crippen LogP contribution in [0, 0.1) is 0 Å². The van der Waals surface area contributed by atoms with Crippen molar-refractivity contribution in [3.05, 3.63) is 11.8 Å². The third-order valence-electron chi connectivity index (χ3n) is 2.11. The van der Waals surface area contributed by atoms with E-state index in [0.717, 1.165) is 18.0 Å². The van der Waals surface area contributed by atoms with Gasteiger partial charge >= 0.3 is 0 Å². The average Bonchev–Trinajstić information content (AvgIpc) is 2.05. The van der Waals surface area contributed by atoms with Crippen molar-refractivity contribution in [1.82, 2.24) is 4.90 Å². The van der Waals surface area contributed by atoms with Crippen LogP contribution in [-0.2, 0) is 0 Å². The van der Waals surface area contributed by atoms with Gasteiger partial charge in [0.1, 0.15) is 0 Å². The van der Waals surface area contributed by atoms with Crippen LogP contribution in [0.2, 0.25) is 0 Å². The van der Waals surface area contributed by atoms with Crippen molar-refractivity contribution in [2.75, 3.05) is 6.54 Å². The van der Waals surface area contributed by atoms with Crippen molar-refractivity contribution in [3.8, 4) is 0 Å². The molecule has 1 aliphatic rings. The largest absolute Gasteiger partial charge is 0.343 e. The van der Waals surface area contributed by atoms with Gasteiger partial charge in [-0.15, -0.1) is 0 Å². The molecule has 1 aliphatic heterocycles. The summed E-state index contributed by atoms with van der Waals surface area (Å²) < 4.78 is 0. The lowest BCUT2D eigenvalue weighted by Gasteiger charge is -2.25. The molecular weight excluding hydrogens is 154 g/mol. The number of rotatable bonds is 2. The Morgan fingerprint density at radius 1 is 1.45 bits per heavy atom. The SMILES string of the molecule is CCC1=CN(CC)C(=S)CC1. The normalized spacial score (nSPS) is 18.5. The van der Waals surface area contributed by atoms with Crippen LogP contribution in [0.1, 0.15) is 33.1 Å². The minimum absolute atomic E-state index is 1.02. The van der Waals surface area contributed by atoms with Gasteiger partial charge in [0.2, 0.25) is 0 Å². The molecule has 0 N–H and O–H groups in total. The summed E-state index contributed by atoms with van der Waals surface area (Å²) in [6.07, 6.45) is 5.62. The summed E-state index contributed by atoms with van der Waals surface area (Å²) in [4.78, 5) is 3.28. The molecule has 11 heavy (non-hydrogen) atoms. The number of allylic oxidation sites excluding steroid dienone is 1.